The maximum atomic E-state index is 13.1. The van der Waals surface area contributed by atoms with Crippen molar-refractivity contribution in [1.82, 2.24) is 0 Å². The van der Waals surface area contributed by atoms with Gasteiger partial charge in [0, 0.05) is 5.56 Å². The van der Waals surface area contributed by atoms with Gasteiger partial charge in [-0.25, -0.2) is 9.59 Å². The van der Waals surface area contributed by atoms with E-state index < -0.39 is 23.7 Å². The van der Waals surface area contributed by atoms with Crippen molar-refractivity contribution in [1.29, 1.82) is 0 Å². The molecule has 2 aromatic carbocycles. The summed E-state index contributed by atoms with van der Waals surface area (Å²) < 4.78 is 10.8. The topological polar surface area (TPSA) is 55.8 Å². The molecule has 0 fully saturated rings. The second kappa shape index (κ2) is 8.91. The van der Waals surface area contributed by atoms with Crippen LogP contribution in [0.15, 0.2) is 48.5 Å². The number of aryl methyl sites for hydroxylation is 1. The van der Waals surface area contributed by atoms with E-state index in [0.29, 0.717) is 5.69 Å². The molecular weight excluding hydrogens is 354 g/mol. The summed E-state index contributed by atoms with van der Waals surface area (Å²) in [5.41, 5.74) is 2.81. The molecule has 0 spiro atoms. The summed E-state index contributed by atoms with van der Waals surface area (Å²) in [7, 11) is 0. The van der Waals surface area contributed by atoms with E-state index in [2.05, 4.69) is 0 Å². The Kier molecular flexibility index (Phi) is 6.84. The van der Waals surface area contributed by atoms with Crippen molar-refractivity contribution in [3.8, 4) is 11.1 Å². The number of esters is 1. The first-order valence-corrected chi connectivity index (χ1v) is 9.49. The Morgan fingerprint density at radius 3 is 2.36 bits per heavy atom. The Hall–Kier alpha value is -2.82. The molecule has 0 aromatic heterocycles. The summed E-state index contributed by atoms with van der Waals surface area (Å²) in [6.07, 6.45) is -0.590. The highest BCUT2D eigenvalue weighted by Gasteiger charge is 2.33. The second-order valence-electron chi connectivity index (χ2n) is 7.66. The molecule has 5 nitrogen and oxygen atoms in total. The lowest BCUT2D eigenvalue weighted by Gasteiger charge is -2.32. The zero-order valence-electron chi connectivity index (χ0n) is 17.5. The molecule has 0 saturated carbocycles. The van der Waals surface area contributed by atoms with Gasteiger partial charge in [-0.05, 0) is 53.2 Å². The predicted octanol–water partition coefficient (Wildman–Crippen LogP) is 5.36. The van der Waals surface area contributed by atoms with Crippen molar-refractivity contribution in [2.45, 2.75) is 53.2 Å². The van der Waals surface area contributed by atoms with E-state index in [1.165, 1.54) is 4.90 Å². The monoisotopic (exact) mass is 383 g/mol. The summed E-state index contributed by atoms with van der Waals surface area (Å²) in [6, 6.07) is 14.7. The first-order chi connectivity index (χ1) is 13.1. The standard InChI is InChI=1S/C23H29NO4/c1-7-27-21(25)17(3)24(22(26)28-23(4,5)6)20-14-9-8-13-19(20)18-12-10-11-16(2)15-18/h8-15,17H,7H2,1-6H3/t17-/m0/s1. The smallest absolute Gasteiger partial charge is 0.415 e. The summed E-state index contributed by atoms with van der Waals surface area (Å²) in [5, 5.41) is 0. The van der Waals surface area contributed by atoms with E-state index in [4.69, 9.17) is 9.47 Å². The summed E-state index contributed by atoms with van der Waals surface area (Å²) >= 11 is 0. The molecule has 1 amide bonds. The van der Waals surface area contributed by atoms with Crippen LogP contribution in [0.25, 0.3) is 11.1 Å². The number of amides is 1. The van der Waals surface area contributed by atoms with Crippen LogP contribution in [-0.2, 0) is 14.3 Å². The van der Waals surface area contributed by atoms with Gasteiger partial charge in [-0.15, -0.1) is 0 Å². The van der Waals surface area contributed by atoms with Crippen molar-refractivity contribution in [2.24, 2.45) is 0 Å². The average molecular weight is 383 g/mol. The van der Waals surface area contributed by atoms with Crippen LogP contribution in [0.5, 0.6) is 0 Å². The SMILES string of the molecule is CCOC(=O)[C@H](C)N(C(=O)OC(C)(C)C)c1ccccc1-c1cccc(C)c1. The quantitative estimate of drug-likeness (QED) is 0.653. The molecule has 28 heavy (non-hydrogen) atoms. The van der Waals surface area contributed by atoms with E-state index in [1.54, 1.807) is 34.6 Å². The average Bonchev–Trinajstić information content (AvgIpc) is 2.61. The van der Waals surface area contributed by atoms with Crippen molar-refractivity contribution in [2.75, 3.05) is 11.5 Å². The number of benzene rings is 2. The van der Waals surface area contributed by atoms with Crippen LogP contribution in [0, 0.1) is 6.92 Å². The Morgan fingerprint density at radius 1 is 1.07 bits per heavy atom. The molecule has 0 N–H and O–H groups in total. The molecule has 0 aliphatic rings. The van der Waals surface area contributed by atoms with E-state index in [-0.39, 0.29) is 6.61 Å². The van der Waals surface area contributed by atoms with Crippen LogP contribution in [0.1, 0.15) is 40.2 Å². The van der Waals surface area contributed by atoms with Crippen LogP contribution >= 0.6 is 0 Å². The molecule has 150 valence electrons. The van der Waals surface area contributed by atoms with Crippen molar-refractivity contribution < 1.29 is 19.1 Å². The van der Waals surface area contributed by atoms with Gasteiger partial charge in [0.1, 0.15) is 11.6 Å². The van der Waals surface area contributed by atoms with E-state index in [1.807, 2.05) is 55.5 Å². The molecule has 0 aliphatic heterocycles. The fraction of sp³-hybridized carbons (Fsp3) is 0.391. The first kappa shape index (κ1) is 21.5. The van der Waals surface area contributed by atoms with Crippen LogP contribution in [0.4, 0.5) is 10.5 Å². The fourth-order valence-corrected chi connectivity index (χ4v) is 2.88. The molecule has 5 heteroatoms. The van der Waals surface area contributed by atoms with Gasteiger partial charge >= 0.3 is 12.1 Å². The van der Waals surface area contributed by atoms with Crippen LogP contribution in [-0.4, -0.2) is 30.3 Å². The van der Waals surface area contributed by atoms with E-state index in [9.17, 15) is 9.59 Å². The molecule has 2 aromatic rings. The minimum absolute atomic E-state index is 0.241. The Bertz CT molecular complexity index is 838. The summed E-state index contributed by atoms with van der Waals surface area (Å²) in [5.74, 6) is -0.479. The number of carbonyl (C=O) groups is 2. The first-order valence-electron chi connectivity index (χ1n) is 9.49. The zero-order valence-corrected chi connectivity index (χ0v) is 17.5. The van der Waals surface area contributed by atoms with Crippen molar-refractivity contribution in [3.63, 3.8) is 0 Å². The Morgan fingerprint density at radius 2 is 1.75 bits per heavy atom. The molecular formula is C23H29NO4. The molecule has 1 atom stereocenters. The number of hydrogen-bond donors (Lipinski definition) is 0. The predicted molar refractivity (Wildman–Crippen MR) is 111 cm³/mol. The van der Waals surface area contributed by atoms with Gasteiger partial charge < -0.3 is 9.47 Å². The largest absolute Gasteiger partial charge is 0.464 e. The van der Waals surface area contributed by atoms with Gasteiger partial charge in [-0.1, -0.05) is 48.0 Å². The van der Waals surface area contributed by atoms with E-state index >= 15 is 0 Å². The number of ether oxygens (including phenoxy) is 2. The zero-order chi connectivity index (χ0) is 20.9. The minimum Gasteiger partial charge on any atom is -0.464 e. The molecule has 0 saturated heterocycles. The highest BCUT2D eigenvalue weighted by atomic mass is 16.6. The highest BCUT2D eigenvalue weighted by Crippen LogP contribution is 2.33. The molecule has 0 heterocycles. The molecule has 0 bridgehead atoms. The van der Waals surface area contributed by atoms with Gasteiger partial charge in [-0.3, -0.25) is 4.90 Å². The minimum atomic E-state index is -0.833. The third-order valence-electron chi connectivity index (χ3n) is 4.10. The van der Waals surface area contributed by atoms with Crippen molar-refractivity contribution >= 4 is 17.7 Å². The fourth-order valence-electron chi connectivity index (χ4n) is 2.88. The van der Waals surface area contributed by atoms with Crippen LogP contribution in [0.2, 0.25) is 0 Å². The lowest BCUT2D eigenvalue weighted by molar-refractivity contribution is -0.144. The number of rotatable bonds is 5. The molecule has 0 unspecified atom stereocenters. The van der Waals surface area contributed by atoms with Crippen LogP contribution < -0.4 is 4.90 Å². The highest BCUT2D eigenvalue weighted by molar-refractivity contribution is 5.99. The third-order valence-corrected chi connectivity index (χ3v) is 4.10. The Labute approximate surface area is 167 Å². The van der Waals surface area contributed by atoms with Gasteiger partial charge in [0.2, 0.25) is 0 Å². The normalized spacial score (nSPS) is 12.2. The third kappa shape index (κ3) is 5.35. The lowest BCUT2D eigenvalue weighted by atomic mass is 10.0. The maximum absolute atomic E-state index is 13.1. The number of nitrogens with zero attached hydrogens (tertiary/aromatic N) is 1. The summed E-state index contributed by atoms with van der Waals surface area (Å²) in [4.78, 5) is 26.9. The molecule has 0 radical (unpaired) electrons. The number of anilines is 1. The van der Waals surface area contributed by atoms with Gasteiger partial charge in [0.15, 0.2) is 0 Å². The summed E-state index contributed by atoms with van der Waals surface area (Å²) in [6.45, 7) is 11.0. The molecule has 2 rings (SSSR count). The van der Waals surface area contributed by atoms with Crippen molar-refractivity contribution in [3.05, 3.63) is 54.1 Å². The van der Waals surface area contributed by atoms with Gasteiger partial charge in [0.25, 0.3) is 0 Å². The number of para-hydroxylation sites is 1. The Balaban J connectivity index is 2.57. The van der Waals surface area contributed by atoms with Gasteiger partial charge in [0.05, 0.1) is 12.3 Å². The maximum Gasteiger partial charge on any atom is 0.415 e. The number of hydrogen-bond acceptors (Lipinski definition) is 4. The van der Waals surface area contributed by atoms with Crippen LogP contribution in [0.3, 0.4) is 0 Å². The molecule has 0 aliphatic carbocycles. The lowest BCUT2D eigenvalue weighted by Crippen LogP contribution is -2.47. The number of carbonyl (C=O) groups excluding carboxylic acids is 2. The second-order valence-corrected chi connectivity index (χ2v) is 7.66. The van der Waals surface area contributed by atoms with Gasteiger partial charge in [-0.2, -0.15) is 0 Å². The van der Waals surface area contributed by atoms with E-state index in [0.717, 1.165) is 16.7 Å².